The van der Waals surface area contributed by atoms with Crippen LogP contribution in [0.2, 0.25) is 5.02 Å². The zero-order chi connectivity index (χ0) is 13.8. The van der Waals surface area contributed by atoms with Gasteiger partial charge in [0.25, 0.3) is 0 Å². The van der Waals surface area contributed by atoms with Gasteiger partial charge in [-0.15, -0.1) is 0 Å². The predicted molar refractivity (Wildman–Crippen MR) is 79.5 cm³/mol. The Morgan fingerprint density at radius 3 is 2.79 bits per heavy atom. The van der Waals surface area contributed by atoms with Gasteiger partial charge in [0, 0.05) is 19.6 Å². The Bertz CT molecular complexity index is 404. The lowest BCUT2D eigenvalue weighted by Crippen LogP contribution is -2.31. The van der Waals surface area contributed by atoms with Gasteiger partial charge in [-0.3, -0.25) is 10.00 Å². The SMILES string of the molecule is CCN1CCC(CN(CC)Cc2n[nH]c(C)c2Cl)C1. The second-order valence-corrected chi connectivity index (χ2v) is 5.86. The number of aromatic amines is 1. The second kappa shape index (κ2) is 6.73. The van der Waals surface area contributed by atoms with Crippen molar-refractivity contribution in [1.82, 2.24) is 20.0 Å². The lowest BCUT2D eigenvalue weighted by Gasteiger charge is -2.23. The second-order valence-electron chi connectivity index (χ2n) is 5.48. The first kappa shape index (κ1) is 14.8. The van der Waals surface area contributed by atoms with Gasteiger partial charge in [-0.25, -0.2) is 0 Å². The van der Waals surface area contributed by atoms with Crippen LogP contribution in [0, 0.1) is 12.8 Å². The highest BCUT2D eigenvalue weighted by atomic mass is 35.5. The number of aryl methyl sites for hydroxylation is 1. The summed E-state index contributed by atoms with van der Waals surface area (Å²) < 4.78 is 0. The summed E-state index contributed by atoms with van der Waals surface area (Å²) in [5, 5.41) is 8.05. The van der Waals surface area contributed by atoms with E-state index in [1.54, 1.807) is 0 Å². The molecule has 0 aromatic carbocycles. The van der Waals surface area contributed by atoms with Crippen LogP contribution in [0.5, 0.6) is 0 Å². The van der Waals surface area contributed by atoms with E-state index in [4.69, 9.17) is 11.6 Å². The van der Waals surface area contributed by atoms with Gasteiger partial charge in [0.05, 0.1) is 16.4 Å². The van der Waals surface area contributed by atoms with Gasteiger partial charge in [-0.2, -0.15) is 5.10 Å². The van der Waals surface area contributed by atoms with Crippen molar-refractivity contribution in [3.63, 3.8) is 0 Å². The van der Waals surface area contributed by atoms with Crippen molar-refractivity contribution in [1.29, 1.82) is 0 Å². The molecular formula is C14H25ClN4. The van der Waals surface area contributed by atoms with Gasteiger partial charge in [0.1, 0.15) is 0 Å². The molecule has 1 aromatic heterocycles. The monoisotopic (exact) mass is 284 g/mol. The summed E-state index contributed by atoms with van der Waals surface area (Å²) >= 11 is 6.24. The molecule has 2 rings (SSSR count). The molecule has 1 atom stereocenters. The highest BCUT2D eigenvalue weighted by molar-refractivity contribution is 6.31. The van der Waals surface area contributed by atoms with Crippen molar-refractivity contribution in [3.8, 4) is 0 Å². The molecule has 1 aliphatic rings. The Labute approximate surface area is 121 Å². The topological polar surface area (TPSA) is 35.2 Å². The van der Waals surface area contributed by atoms with Gasteiger partial charge in [-0.1, -0.05) is 25.4 Å². The summed E-state index contributed by atoms with van der Waals surface area (Å²) in [5.41, 5.74) is 1.94. The van der Waals surface area contributed by atoms with Crippen molar-refractivity contribution in [2.24, 2.45) is 5.92 Å². The highest BCUT2D eigenvalue weighted by Crippen LogP contribution is 2.21. The average molecular weight is 285 g/mol. The third kappa shape index (κ3) is 3.71. The van der Waals surface area contributed by atoms with Crippen LogP contribution in [0.25, 0.3) is 0 Å². The minimum atomic E-state index is 0.790. The fourth-order valence-electron chi connectivity index (χ4n) is 2.80. The van der Waals surface area contributed by atoms with Crippen LogP contribution in [0.3, 0.4) is 0 Å². The normalized spacial score (nSPS) is 20.6. The Balaban J connectivity index is 1.88. The number of nitrogens with zero attached hydrogens (tertiary/aromatic N) is 3. The fourth-order valence-corrected chi connectivity index (χ4v) is 2.95. The Kier molecular flexibility index (Phi) is 5.25. The summed E-state index contributed by atoms with van der Waals surface area (Å²) in [4.78, 5) is 4.98. The molecule has 2 heterocycles. The molecule has 1 saturated heterocycles. The first-order valence-electron chi connectivity index (χ1n) is 7.28. The summed E-state index contributed by atoms with van der Waals surface area (Å²) in [7, 11) is 0. The van der Waals surface area contributed by atoms with E-state index in [1.165, 1.54) is 26.1 Å². The van der Waals surface area contributed by atoms with E-state index < -0.39 is 0 Å². The van der Waals surface area contributed by atoms with E-state index in [2.05, 4.69) is 33.8 Å². The van der Waals surface area contributed by atoms with Gasteiger partial charge in [0.2, 0.25) is 0 Å². The van der Waals surface area contributed by atoms with Gasteiger partial charge in [0.15, 0.2) is 0 Å². The molecule has 0 amide bonds. The summed E-state index contributed by atoms with van der Waals surface area (Å²) in [6.07, 6.45) is 1.32. The highest BCUT2D eigenvalue weighted by Gasteiger charge is 2.23. The van der Waals surface area contributed by atoms with Crippen LogP contribution in [-0.4, -0.2) is 52.7 Å². The molecule has 0 bridgehead atoms. The molecule has 0 aliphatic carbocycles. The van der Waals surface area contributed by atoms with Crippen LogP contribution < -0.4 is 0 Å². The van der Waals surface area contributed by atoms with E-state index in [0.717, 1.165) is 42.0 Å². The summed E-state index contributed by atoms with van der Waals surface area (Å²) in [6.45, 7) is 13.1. The Hall–Kier alpha value is -0.580. The van der Waals surface area contributed by atoms with Crippen molar-refractivity contribution in [2.45, 2.75) is 33.7 Å². The number of nitrogens with one attached hydrogen (secondary N) is 1. The molecule has 1 aliphatic heterocycles. The predicted octanol–water partition coefficient (Wildman–Crippen LogP) is 2.54. The third-order valence-electron chi connectivity index (χ3n) is 4.10. The van der Waals surface area contributed by atoms with Crippen LogP contribution in [0.1, 0.15) is 31.7 Å². The van der Waals surface area contributed by atoms with E-state index in [-0.39, 0.29) is 0 Å². The first-order valence-corrected chi connectivity index (χ1v) is 7.65. The zero-order valence-electron chi connectivity index (χ0n) is 12.2. The Morgan fingerprint density at radius 1 is 1.47 bits per heavy atom. The standard InChI is InChI=1S/C14H25ClN4/c1-4-18-7-6-12(8-18)9-19(5-2)10-13-14(15)11(3)16-17-13/h12H,4-10H2,1-3H3,(H,16,17). The largest absolute Gasteiger partial charge is 0.303 e. The summed E-state index contributed by atoms with van der Waals surface area (Å²) in [5.74, 6) is 0.790. The molecule has 1 fully saturated rings. The number of likely N-dealkylation sites (tertiary alicyclic amines) is 1. The number of rotatable bonds is 6. The van der Waals surface area contributed by atoms with Crippen molar-refractivity contribution in [3.05, 3.63) is 16.4 Å². The van der Waals surface area contributed by atoms with Crippen LogP contribution >= 0.6 is 11.6 Å². The zero-order valence-corrected chi connectivity index (χ0v) is 13.0. The van der Waals surface area contributed by atoms with E-state index >= 15 is 0 Å². The third-order valence-corrected chi connectivity index (χ3v) is 4.60. The molecule has 0 saturated carbocycles. The van der Waals surface area contributed by atoms with Crippen molar-refractivity contribution in [2.75, 3.05) is 32.7 Å². The van der Waals surface area contributed by atoms with Crippen LogP contribution in [0.4, 0.5) is 0 Å². The maximum Gasteiger partial charge on any atom is 0.0951 e. The molecule has 4 nitrogen and oxygen atoms in total. The molecule has 5 heteroatoms. The van der Waals surface area contributed by atoms with Gasteiger partial charge >= 0.3 is 0 Å². The maximum absolute atomic E-state index is 6.24. The van der Waals surface area contributed by atoms with E-state index in [0.29, 0.717) is 0 Å². The van der Waals surface area contributed by atoms with Gasteiger partial charge in [-0.05, 0) is 38.9 Å². The number of H-pyrrole nitrogens is 1. The number of hydrogen-bond donors (Lipinski definition) is 1. The molecule has 1 N–H and O–H groups in total. The minimum Gasteiger partial charge on any atom is -0.303 e. The molecule has 0 radical (unpaired) electrons. The van der Waals surface area contributed by atoms with Crippen molar-refractivity contribution < 1.29 is 0 Å². The quantitative estimate of drug-likeness (QED) is 0.872. The average Bonchev–Trinajstić information content (AvgIpc) is 2.99. The lowest BCUT2D eigenvalue weighted by atomic mass is 10.1. The number of hydrogen-bond acceptors (Lipinski definition) is 3. The number of halogens is 1. The summed E-state index contributed by atoms with van der Waals surface area (Å²) in [6, 6.07) is 0. The first-order chi connectivity index (χ1) is 9.13. The molecule has 0 spiro atoms. The van der Waals surface area contributed by atoms with E-state index in [9.17, 15) is 0 Å². The maximum atomic E-state index is 6.24. The fraction of sp³-hybridized carbons (Fsp3) is 0.786. The van der Waals surface area contributed by atoms with Crippen molar-refractivity contribution >= 4 is 11.6 Å². The molecule has 19 heavy (non-hydrogen) atoms. The smallest absolute Gasteiger partial charge is 0.0951 e. The molecular weight excluding hydrogens is 260 g/mol. The molecule has 108 valence electrons. The molecule has 1 aromatic rings. The van der Waals surface area contributed by atoms with Crippen LogP contribution in [0.15, 0.2) is 0 Å². The van der Waals surface area contributed by atoms with Crippen LogP contribution in [-0.2, 0) is 6.54 Å². The van der Waals surface area contributed by atoms with Gasteiger partial charge < -0.3 is 4.90 Å². The minimum absolute atomic E-state index is 0.790. The Morgan fingerprint density at radius 2 is 2.26 bits per heavy atom. The van der Waals surface area contributed by atoms with E-state index in [1.807, 2.05) is 6.92 Å². The molecule has 1 unspecified atom stereocenters. The number of aromatic nitrogens is 2. The lowest BCUT2D eigenvalue weighted by molar-refractivity contribution is 0.227.